The molecule has 0 saturated carbocycles. The molecule has 188 valence electrons. The molecule has 4 aromatic rings. The average molecular weight is 525 g/mol. The molecule has 0 aliphatic carbocycles. The topological polar surface area (TPSA) is 80.4 Å². The second kappa shape index (κ2) is 11.2. The first-order valence-electron chi connectivity index (χ1n) is 11.6. The Bertz CT molecular complexity index is 1420. The van der Waals surface area contributed by atoms with Crippen LogP contribution in [0.1, 0.15) is 33.6 Å². The highest BCUT2D eigenvalue weighted by Crippen LogP contribution is 2.37. The standard InChI is InChI=1S/C28H29ClN2O4S/c1-17-15-19(16-18(2)25(17)29)35-14-8-12-23-22-11-7-10-21(20-9-5-6-13-24(20)34-3)26(22)30-27(23)28(32)31-36(4)33/h5-7,9-11,13,15-16,30H,8,12,14H2,1-4H3,(H,31,32). The number of carbonyl (C=O) groups excluding carboxylic acids is 1. The zero-order valence-corrected chi connectivity index (χ0v) is 22.3. The van der Waals surface area contributed by atoms with Gasteiger partial charge >= 0.3 is 0 Å². The number of amides is 1. The second-order valence-corrected chi connectivity index (χ2v) is 10.1. The lowest BCUT2D eigenvalue weighted by atomic mass is 9.99. The van der Waals surface area contributed by atoms with Crippen molar-refractivity contribution in [2.75, 3.05) is 20.0 Å². The number of hydrogen-bond donors (Lipinski definition) is 2. The minimum Gasteiger partial charge on any atom is -0.496 e. The molecular weight excluding hydrogens is 496 g/mol. The Morgan fingerprint density at radius 2 is 1.75 bits per heavy atom. The monoisotopic (exact) mass is 524 g/mol. The van der Waals surface area contributed by atoms with Crippen molar-refractivity contribution in [3.63, 3.8) is 0 Å². The van der Waals surface area contributed by atoms with Crippen LogP contribution in [0.25, 0.3) is 22.0 Å². The maximum Gasteiger partial charge on any atom is 0.279 e. The van der Waals surface area contributed by atoms with Crippen LogP contribution < -0.4 is 14.2 Å². The van der Waals surface area contributed by atoms with E-state index in [1.165, 1.54) is 6.26 Å². The van der Waals surface area contributed by atoms with Crippen molar-refractivity contribution in [2.45, 2.75) is 26.7 Å². The lowest BCUT2D eigenvalue weighted by Crippen LogP contribution is -2.26. The summed E-state index contributed by atoms with van der Waals surface area (Å²) in [6, 6.07) is 17.6. The van der Waals surface area contributed by atoms with Crippen LogP contribution in [0.2, 0.25) is 5.02 Å². The number of H-pyrrole nitrogens is 1. The van der Waals surface area contributed by atoms with E-state index in [9.17, 15) is 9.00 Å². The Morgan fingerprint density at radius 1 is 1.06 bits per heavy atom. The van der Waals surface area contributed by atoms with Crippen LogP contribution in [-0.2, 0) is 17.4 Å². The van der Waals surface area contributed by atoms with E-state index in [1.54, 1.807) is 7.11 Å². The molecule has 0 fully saturated rings. The molecule has 1 heterocycles. The van der Waals surface area contributed by atoms with E-state index in [1.807, 2.05) is 68.4 Å². The summed E-state index contributed by atoms with van der Waals surface area (Å²) >= 11 is 6.27. The van der Waals surface area contributed by atoms with E-state index in [-0.39, 0.29) is 0 Å². The Kier molecular flexibility index (Phi) is 8.01. The van der Waals surface area contributed by atoms with Crippen LogP contribution in [-0.4, -0.2) is 35.1 Å². The normalized spacial score (nSPS) is 11.9. The molecule has 4 rings (SSSR count). The third kappa shape index (κ3) is 5.42. The van der Waals surface area contributed by atoms with Gasteiger partial charge < -0.3 is 14.5 Å². The number of nitrogens with one attached hydrogen (secondary N) is 2. The molecule has 0 aliphatic heterocycles. The number of aromatic amines is 1. The van der Waals surface area contributed by atoms with Gasteiger partial charge in [0.15, 0.2) is 0 Å². The Labute approximate surface area is 218 Å². The minimum atomic E-state index is -1.49. The Hall–Kier alpha value is -3.29. The Morgan fingerprint density at radius 3 is 2.44 bits per heavy atom. The van der Waals surface area contributed by atoms with Crippen LogP contribution in [0, 0.1) is 13.8 Å². The number of halogens is 1. The van der Waals surface area contributed by atoms with Gasteiger partial charge in [0.05, 0.1) is 19.2 Å². The van der Waals surface area contributed by atoms with Crippen molar-refractivity contribution in [1.29, 1.82) is 0 Å². The van der Waals surface area contributed by atoms with Gasteiger partial charge in [-0.3, -0.25) is 9.52 Å². The number of aromatic nitrogens is 1. The molecule has 1 aromatic heterocycles. The van der Waals surface area contributed by atoms with Crippen LogP contribution in [0.5, 0.6) is 11.5 Å². The third-order valence-corrected chi connectivity index (χ3v) is 7.12. The minimum absolute atomic E-state index is 0.403. The molecule has 6 nitrogen and oxygen atoms in total. The lowest BCUT2D eigenvalue weighted by Gasteiger charge is -2.11. The fourth-order valence-electron chi connectivity index (χ4n) is 4.43. The molecule has 0 spiro atoms. The first-order chi connectivity index (χ1) is 17.3. The molecule has 8 heteroatoms. The van der Waals surface area contributed by atoms with Crippen LogP contribution in [0.15, 0.2) is 54.6 Å². The molecule has 36 heavy (non-hydrogen) atoms. The van der Waals surface area contributed by atoms with Crippen LogP contribution >= 0.6 is 11.6 Å². The highest BCUT2D eigenvalue weighted by molar-refractivity contribution is 7.82. The number of rotatable bonds is 9. The fourth-order valence-corrected chi connectivity index (χ4v) is 4.90. The summed E-state index contributed by atoms with van der Waals surface area (Å²) in [5.41, 5.74) is 5.87. The smallest absolute Gasteiger partial charge is 0.279 e. The largest absolute Gasteiger partial charge is 0.496 e. The lowest BCUT2D eigenvalue weighted by molar-refractivity contribution is 0.0978. The quantitative estimate of drug-likeness (QED) is 0.257. The molecule has 3 aromatic carbocycles. The summed E-state index contributed by atoms with van der Waals surface area (Å²) in [6.45, 7) is 4.38. The van der Waals surface area contributed by atoms with Crippen molar-refractivity contribution in [2.24, 2.45) is 0 Å². The van der Waals surface area contributed by atoms with Crippen molar-refractivity contribution in [1.82, 2.24) is 9.71 Å². The number of hydrogen-bond acceptors (Lipinski definition) is 4. The maximum atomic E-state index is 13.0. The summed E-state index contributed by atoms with van der Waals surface area (Å²) in [7, 11) is 0.151. The number of aryl methyl sites for hydroxylation is 3. The summed E-state index contributed by atoms with van der Waals surface area (Å²) in [4.78, 5) is 16.3. The summed E-state index contributed by atoms with van der Waals surface area (Å²) in [5, 5.41) is 1.68. The van der Waals surface area contributed by atoms with E-state index < -0.39 is 16.9 Å². The maximum absolute atomic E-state index is 13.0. The van der Waals surface area contributed by atoms with Crippen molar-refractivity contribution >= 4 is 39.4 Å². The second-order valence-electron chi connectivity index (χ2n) is 8.62. The number of benzene rings is 3. The van der Waals surface area contributed by atoms with Gasteiger partial charge in [-0.05, 0) is 61.6 Å². The molecular formula is C28H29ClN2O4S. The summed E-state index contributed by atoms with van der Waals surface area (Å²) in [6.07, 6.45) is 2.71. The number of para-hydroxylation sites is 2. The van der Waals surface area contributed by atoms with Crippen molar-refractivity contribution < 1.29 is 18.5 Å². The highest BCUT2D eigenvalue weighted by atomic mass is 35.5. The van der Waals surface area contributed by atoms with Gasteiger partial charge in [-0.2, -0.15) is 0 Å². The zero-order chi connectivity index (χ0) is 25.8. The molecule has 0 aliphatic rings. The molecule has 0 saturated heterocycles. The number of ether oxygens (including phenoxy) is 2. The third-order valence-electron chi connectivity index (χ3n) is 6.05. The van der Waals surface area contributed by atoms with Gasteiger partial charge in [0.2, 0.25) is 0 Å². The Balaban J connectivity index is 1.66. The van der Waals surface area contributed by atoms with Crippen LogP contribution in [0.4, 0.5) is 0 Å². The van der Waals surface area contributed by atoms with Crippen molar-refractivity contribution in [3.8, 4) is 22.6 Å². The van der Waals surface area contributed by atoms with E-state index in [0.29, 0.717) is 25.1 Å². The van der Waals surface area contributed by atoms with E-state index >= 15 is 0 Å². The van der Waals surface area contributed by atoms with Gasteiger partial charge in [0.1, 0.15) is 28.2 Å². The van der Waals surface area contributed by atoms with Gasteiger partial charge in [-0.25, -0.2) is 4.21 Å². The molecule has 1 atom stereocenters. The molecule has 2 N–H and O–H groups in total. The zero-order valence-electron chi connectivity index (χ0n) is 20.7. The van der Waals surface area contributed by atoms with Gasteiger partial charge in [-0.15, -0.1) is 0 Å². The van der Waals surface area contributed by atoms with Gasteiger partial charge in [-0.1, -0.05) is 48.0 Å². The highest BCUT2D eigenvalue weighted by Gasteiger charge is 2.21. The first kappa shape index (κ1) is 25.8. The van der Waals surface area contributed by atoms with Crippen LogP contribution in [0.3, 0.4) is 0 Å². The summed E-state index contributed by atoms with van der Waals surface area (Å²) in [5.74, 6) is 1.10. The average Bonchev–Trinajstić information content (AvgIpc) is 3.23. The summed E-state index contributed by atoms with van der Waals surface area (Å²) < 4.78 is 25.8. The molecule has 1 amide bonds. The van der Waals surface area contributed by atoms with Gasteiger partial charge in [0.25, 0.3) is 5.91 Å². The molecule has 0 bridgehead atoms. The molecule has 1 unspecified atom stereocenters. The van der Waals surface area contributed by atoms with Gasteiger partial charge in [0, 0.05) is 27.8 Å². The van der Waals surface area contributed by atoms with E-state index in [4.69, 9.17) is 21.1 Å². The first-order valence-corrected chi connectivity index (χ1v) is 13.5. The SMILES string of the molecule is COc1ccccc1-c1cccc2c(CCCOc3cc(C)c(Cl)c(C)c3)c(C(=O)NS(C)=O)[nH]c12. The number of methoxy groups -OCH3 is 1. The predicted octanol–water partition coefficient (Wildman–Crippen LogP) is 6.15. The number of carbonyl (C=O) groups is 1. The fraction of sp³-hybridized carbons (Fsp3) is 0.250. The van der Waals surface area contributed by atoms with Crippen molar-refractivity contribution in [3.05, 3.63) is 82.0 Å². The van der Waals surface area contributed by atoms with E-state index in [0.717, 1.165) is 55.2 Å². The molecule has 0 radical (unpaired) electrons. The predicted molar refractivity (Wildman–Crippen MR) is 147 cm³/mol. The number of fused-ring (bicyclic) bond motifs is 1. The van der Waals surface area contributed by atoms with E-state index in [2.05, 4.69) is 9.71 Å².